The highest BCUT2D eigenvalue weighted by Crippen LogP contribution is 2.28. The SMILES string of the molecule is O=C(CNC(=O)c1cccc(CS(=O)(=O)c2ccccc2)c1)OCC1CC1. The second-order valence-electron chi connectivity index (χ2n) is 6.58. The highest BCUT2D eigenvalue weighted by Gasteiger charge is 2.23. The van der Waals surface area contributed by atoms with Crippen molar-refractivity contribution in [2.24, 2.45) is 5.92 Å². The Balaban J connectivity index is 1.59. The third-order valence-electron chi connectivity index (χ3n) is 4.22. The first-order valence-corrected chi connectivity index (χ1v) is 10.4. The minimum Gasteiger partial charge on any atom is -0.464 e. The predicted octanol–water partition coefficient (Wildman–Crippen LogP) is 2.34. The molecule has 1 N–H and O–H groups in total. The first-order valence-electron chi connectivity index (χ1n) is 8.74. The number of carbonyl (C=O) groups excluding carboxylic acids is 2. The Morgan fingerprint density at radius 2 is 1.78 bits per heavy atom. The monoisotopic (exact) mass is 387 g/mol. The Kier molecular flexibility index (Phi) is 5.91. The van der Waals surface area contributed by atoms with Gasteiger partial charge in [0.1, 0.15) is 6.54 Å². The number of nitrogens with one attached hydrogen (secondary N) is 1. The third kappa shape index (κ3) is 5.65. The van der Waals surface area contributed by atoms with Crippen LogP contribution in [0, 0.1) is 5.92 Å². The Labute approximate surface area is 158 Å². The molecule has 0 bridgehead atoms. The molecule has 0 unspecified atom stereocenters. The first kappa shape index (κ1) is 19.1. The van der Waals surface area contributed by atoms with Gasteiger partial charge in [0.25, 0.3) is 5.91 Å². The topological polar surface area (TPSA) is 89.5 Å². The van der Waals surface area contributed by atoms with Crippen molar-refractivity contribution in [2.75, 3.05) is 13.2 Å². The molecule has 0 radical (unpaired) electrons. The summed E-state index contributed by atoms with van der Waals surface area (Å²) in [7, 11) is -3.50. The van der Waals surface area contributed by atoms with Crippen LogP contribution >= 0.6 is 0 Å². The first-order chi connectivity index (χ1) is 12.9. The van der Waals surface area contributed by atoms with Crippen LogP contribution in [0.25, 0.3) is 0 Å². The van der Waals surface area contributed by atoms with Gasteiger partial charge in [-0.1, -0.05) is 30.3 Å². The minimum atomic E-state index is -3.50. The molecule has 2 aromatic rings. The maximum absolute atomic E-state index is 12.5. The van der Waals surface area contributed by atoms with Crippen LogP contribution in [0.4, 0.5) is 0 Å². The standard InChI is InChI=1S/C20H21NO5S/c22-19(26-13-15-9-10-15)12-21-20(23)17-6-4-5-16(11-17)14-27(24,25)18-7-2-1-3-8-18/h1-8,11,15H,9-10,12-14H2,(H,21,23). The summed E-state index contributed by atoms with van der Waals surface area (Å²) in [6.07, 6.45) is 2.16. The zero-order chi connectivity index (χ0) is 19.3. The molecule has 3 rings (SSSR count). The van der Waals surface area contributed by atoms with E-state index in [1.807, 2.05) is 0 Å². The van der Waals surface area contributed by atoms with Crippen LogP contribution in [-0.4, -0.2) is 33.4 Å². The molecule has 1 amide bonds. The van der Waals surface area contributed by atoms with Gasteiger partial charge in [-0.15, -0.1) is 0 Å². The molecule has 0 aromatic heterocycles. The van der Waals surface area contributed by atoms with Crippen molar-refractivity contribution in [1.29, 1.82) is 0 Å². The molecule has 142 valence electrons. The van der Waals surface area contributed by atoms with Crippen molar-refractivity contribution in [3.05, 3.63) is 65.7 Å². The quantitative estimate of drug-likeness (QED) is 0.702. The summed E-state index contributed by atoms with van der Waals surface area (Å²) >= 11 is 0. The molecule has 27 heavy (non-hydrogen) atoms. The molecule has 0 spiro atoms. The molecule has 0 aliphatic heterocycles. The zero-order valence-electron chi connectivity index (χ0n) is 14.8. The van der Waals surface area contributed by atoms with E-state index < -0.39 is 21.7 Å². The van der Waals surface area contributed by atoms with E-state index in [9.17, 15) is 18.0 Å². The molecule has 2 aromatic carbocycles. The summed E-state index contributed by atoms with van der Waals surface area (Å²) in [5, 5.41) is 2.50. The molecule has 7 heteroatoms. The molecule has 1 fully saturated rings. The summed E-state index contributed by atoms with van der Waals surface area (Å²) in [4.78, 5) is 24.1. The number of amides is 1. The summed E-state index contributed by atoms with van der Waals surface area (Å²) < 4.78 is 30.0. The van der Waals surface area contributed by atoms with Gasteiger partial charge in [0.2, 0.25) is 0 Å². The van der Waals surface area contributed by atoms with E-state index in [0.29, 0.717) is 23.7 Å². The number of ether oxygens (including phenoxy) is 1. The van der Waals surface area contributed by atoms with Gasteiger partial charge < -0.3 is 10.1 Å². The number of carbonyl (C=O) groups is 2. The van der Waals surface area contributed by atoms with Gasteiger partial charge in [0.15, 0.2) is 9.84 Å². The highest BCUT2D eigenvalue weighted by molar-refractivity contribution is 7.90. The van der Waals surface area contributed by atoms with E-state index in [-0.39, 0.29) is 17.2 Å². The smallest absolute Gasteiger partial charge is 0.325 e. The fourth-order valence-corrected chi connectivity index (χ4v) is 3.89. The molecule has 0 heterocycles. The van der Waals surface area contributed by atoms with E-state index in [1.54, 1.807) is 48.5 Å². The van der Waals surface area contributed by atoms with E-state index >= 15 is 0 Å². The Hall–Kier alpha value is -2.67. The lowest BCUT2D eigenvalue weighted by molar-refractivity contribution is -0.142. The van der Waals surface area contributed by atoms with Gasteiger partial charge in [0.05, 0.1) is 17.3 Å². The number of hydrogen-bond donors (Lipinski definition) is 1. The van der Waals surface area contributed by atoms with Crippen molar-refractivity contribution in [1.82, 2.24) is 5.32 Å². The van der Waals surface area contributed by atoms with Gasteiger partial charge in [-0.2, -0.15) is 0 Å². The highest BCUT2D eigenvalue weighted by atomic mass is 32.2. The van der Waals surface area contributed by atoms with E-state index in [4.69, 9.17) is 4.74 Å². The normalized spacial score (nSPS) is 13.8. The minimum absolute atomic E-state index is 0.207. The van der Waals surface area contributed by atoms with Gasteiger partial charge >= 0.3 is 5.97 Å². The molecule has 1 aliphatic carbocycles. The second kappa shape index (κ2) is 8.35. The molecular formula is C20H21NO5S. The Bertz CT molecular complexity index is 920. The van der Waals surface area contributed by atoms with E-state index in [1.165, 1.54) is 6.07 Å². The van der Waals surface area contributed by atoms with Crippen molar-refractivity contribution >= 4 is 21.7 Å². The van der Waals surface area contributed by atoms with Gasteiger partial charge in [-0.05, 0) is 48.6 Å². The van der Waals surface area contributed by atoms with Gasteiger partial charge in [-0.25, -0.2) is 8.42 Å². The van der Waals surface area contributed by atoms with Gasteiger partial charge in [0, 0.05) is 5.56 Å². The summed E-state index contributed by atoms with van der Waals surface area (Å²) in [5.74, 6) is -0.662. The summed E-state index contributed by atoms with van der Waals surface area (Å²) in [6, 6.07) is 14.5. The number of rotatable bonds is 8. The van der Waals surface area contributed by atoms with Crippen LogP contribution in [0.5, 0.6) is 0 Å². The van der Waals surface area contributed by atoms with E-state index in [2.05, 4.69) is 5.32 Å². The maximum Gasteiger partial charge on any atom is 0.325 e. The van der Waals surface area contributed by atoms with Crippen LogP contribution < -0.4 is 5.32 Å². The lowest BCUT2D eigenvalue weighted by Crippen LogP contribution is -2.31. The molecule has 0 atom stereocenters. The number of sulfone groups is 1. The number of benzene rings is 2. The average molecular weight is 387 g/mol. The number of hydrogen-bond acceptors (Lipinski definition) is 5. The van der Waals surface area contributed by atoms with Crippen molar-refractivity contribution in [2.45, 2.75) is 23.5 Å². The molecular weight excluding hydrogens is 366 g/mol. The van der Waals surface area contributed by atoms with Crippen LogP contribution in [0.3, 0.4) is 0 Å². The van der Waals surface area contributed by atoms with Crippen molar-refractivity contribution in [3.8, 4) is 0 Å². The van der Waals surface area contributed by atoms with Crippen LogP contribution in [-0.2, 0) is 25.1 Å². The Morgan fingerprint density at radius 1 is 1.04 bits per heavy atom. The molecule has 1 saturated carbocycles. The summed E-state index contributed by atoms with van der Waals surface area (Å²) in [6.45, 7) is 0.194. The predicted molar refractivity (Wildman–Crippen MR) is 99.8 cm³/mol. The summed E-state index contributed by atoms with van der Waals surface area (Å²) in [5.41, 5.74) is 0.800. The Morgan fingerprint density at radius 3 is 2.48 bits per heavy atom. The fraction of sp³-hybridized carbons (Fsp3) is 0.300. The number of esters is 1. The molecule has 0 saturated heterocycles. The average Bonchev–Trinajstić information content (AvgIpc) is 3.49. The van der Waals surface area contributed by atoms with E-state index in [0.717, 1.165) is 12.8 Å². The van der Waals surface area contributed by atoms with Gasteiger partial charge in [-0.3, -0.25) is 9.59 Å². The van der Waals surface area contributed by atoms with Crippen molar-refractivity contribution in [3.63, 3.8) is 0 Å². The molecule has 1 aliphatic rings. The second-order valence-corrected chi connectivity index (χ2v) is 8.57. The largest absolute Gasteiger partial charge is 0.464 e. The van der Waals surface area contributed by atoms with Crippen LogP contribution in [0.2, 0.25) is 0 Å². The third-order valence-corrected chi connectivity index (χ3v) is 5.92. The molecule has 6 nitrogen and oxygen atoms in total. The van der Waals surface area contributed by atoms with Crippen molar-refractivity contribution < 1.29 is 22.7 Å². The zero-order valence-corrected chi connectivity index (χ0v) is 15.6. The fourth-order valence-electron chi connectivity index (χ4n) is 2.53. The van der Waals surface area contributed by atoms with Crippen LogP contribution in [0.1, 0.15) is 28.8 Å². The van der Waals surface area contributed by atoms with Crippen LogP contribution in [0.15, 0.2) is 59.5 Å². The maximum atomic E-state index is 12.5. The lowest BCUT2D eigenvalue weighted by atomic mass is 10.1. The lowest BCUT2D eigenvalue weighted by Gasteiger charge is -2.08.